The molecule has 0 saturated carbocycles. The molecule has 3 rings (SSSR count). The summed E-state index contributed by atoms with van der Waals surface area (Å²) in [6.45, 7) is 5.75. The third-order valence-electron chi connectivity index (χ3n) is 5.71. The summed E-state index contributed by atoms with van der Waals surface area (Å²) < 4.78 is 0. The Bertz CT molecular complexity index is 354. The van der Waals surface area contributed by atoms with E-state index in [1.807, 2.05) is 0 Å². The molecule has 3 saturated heterocycles. The lowest BCUT2D eigenvalue weighted by Crippen LogP contribution is -2.54. The molecular formula is C17H32N4O. The Kier molecular flexibility index (Phi) is 5.71. The zero-order valence-corrected chi connectivity index (χ0v) is 14.0. The van der Waals surface area contributed by atoms with Gasteiger partial charge in [-0.3, -0.25) is 4.79 Å². The summed E-state index contributed by atoms with van der Waals surface area (Å²) in [4.78, 5) is 17.4. The second-order valence-corrected chi connectivity index (χ2v) is 7.36. The van der Waals surface area contributed by atoms with Crippen molar-refractivity contribution in [2.75, 3.05) is 39.8 Å². The first-order valence-corrected chi connectivity index (χ1v) is 9.19. The molecule has 22 heavy (non-hydrogen) atoms. The van der Waals surface area contributed by atoms with Gasteiger partial charge >= 0.3 is 0 Å². The molecule has 1 atom stereocenters. The van der Waals surface area contributed by atoms with Crippen LogP contribution >= 0.6 is 0 Å². The molecule has 0 spiro atoms. The maximum absolute atomic E-state index is 12.3. The van der Waals surface area contributed by atoms with Crippen molar-refractivity contribution in [3.05, 3.63) is 0 Å². The van der Waals surface area contributed by atoms with E-state index in [9.17, 15) is 4.79 Å². The molecule has 0 aromatic carbocycles. The lowest BCUT2D eigenvalue weighted by atomic mass is 9.97. The van der Waals surface area contributed by atoms with Gasteiger partial charge in [0, 0.05) is 25.2 Å². The van der Waals surface area contributed by atoms with E-state index < -0.39 is 0 Å². The molecule has 126 valence electrons. The maximum atomic E-state index is 12.3. The minimum Gasteiger partial charge on any atom is -0.352 e. The topological polar surface area (TPSA) is 47.6 Å². The van der Waals surface area contributed by atoms with E-state index in [1.165, 1.54) is 38.8 Å². The monoisotopic (exact) mass is 308 g/mol. The number of piperidine rings is 3. The largest absolute Gasteiger partial charge is 0.352 e. The Labute approximate surface area is 134 Å². The van der Waals surface area contributed by atoms with Gasteiger partial charge in [0.2, 0.25) is 5.91 Å². The van der Waals surface area contributed by atoms with Crippen LogP contribution in [0.2, 0.25) is 0 Å². The predicted molar refractivity (Wildman–Crippen MR) is 88.9 cm³/mol. The van der Waals surface area contributed by atoms with Crippen LogP contribution in [0, 0.1) is 0 Å². The van der Waals surface area contributed by atoms with Gasteiger partial charge in [-0.05, 0) is 65.2 Å². The van der Waals surface area contributed by atoms with Crippen molar-refractivity contribution >= 4 is 5.91 Å². The molecule has 1 unspecified atom stereocenters. The van der Waals surface area contributed by atoms with Crippen LogP contribution in [0.15, 0.2) is 0 Å². The number of likely N-dealkylation sites (tertiary alicyclic amines) is 2. The maximum Gasteiger partial charge on any atom is 0.237 e. The Morgan fingerprint density at radius 1 is 1.00 bits per heavy atom. The summed E-state index contributed by atoms with van der Waals surface area (Å²) in [5, 5.41) is 6.63. The molecule has 3 aliphatic rings. The van der Waals surface area contributed by atoms with E-state index >= 15 is 0 Å². The van der Waals surface area contributed by atoms with Crippen LogP contribution in [0.1, 0.15) is 44.9 Å². The minimum absolute atomic E-state index is 0.0562. The molecule has 0 aliphatic carbocycles. The number of rotatable bonds is 3. The molecule has 0 radical (unpaired) electrons. The van der Waals surface area contributed by atoms with Crippen molar-refractivity contribution < 1.29 is 4.79 Å². The van der Waals surface area contributed by atoms with Crippen LogP contribution in [0.4, 0.5) is 0 Å². The summed E-state index contributed by atoms with van der Waals surface area (Å²) in [5.74, 6) is 0.234. The third-order valence-corrected chi connectivity index (χ3v) is 5.71. The highest BCUT2D eigenvalue weighted by Gasteiger charge is 2.29. The Balaban J connectivity index is 1.39. The van der Waals surface area contributed by atoms with Gasteiger partial charge in [-0.1, -0.05) is 6.42 Å². The number of hydrogen-bond donors (Lipinski definition) is 2. The zero-order chi connectivity index (χ0) is 15.4. The van der Waals surface area contributed by atoms with Gasteiger partial charge in [0.1, 0.15) is 0 Å². The predicted octanol–water partition coefficient (Wildman–Crippen LogP) is 0.803. The first kappa shape index (κ1) is 16.2. The zero-order valence-electron chi connectivity index (χ0n) is 14.0. The van der Waals surface area contributed by atoms with Gasteiger partial charge in [0.15, 0.2) is 0 Å². The number of nitrogens with one attached hydrogen (secondary N) is 2. The van der Waals surface area contributed by atoms with Crippen molar-refractivity contribution in [2.45, 2.75) is 63.1 Å². The number of carbonyl (C=O) groups excluding carboxylic acids is 1. The lowest BCUT2D eigenvalue weighted by molar-refractivity contribution is -0.124. The van der Waals surface area contributed by atoms with Crippen molar-refractivity contribution in [1.29, 1.82) is 0 Å². The first-order valence-electron chi connectivity index (χ1n) is 9.19. The van der Waals surface area contributed by atoms with Crippen LogP contribution in [-0.4, -0.2) is 73.6 Å². The molecule has 0 aromatic heterocycles. The van der Waals surface area contributed by atoms with E-state index in [-0.39, 0.29) is 11.9 Å². The fourth-order valence-corrected chi connectivity index (χ4v) is 4.15. The van der Waals surface area contributed by atoms with E-state index in [1.54, 1.807) is 0 Å². The quantitative estimate of drug-likeness (QED) is 0.810. The molecular weight excluding hydrogens is 276 g/mol. The first-order chi connectivity index (χ1) is 10.7. The Morgan fingerprint density at radius 3 is 2.36 bits per heavy atom. The Morgan fingerprint density at radius 2 is 1.73 bits per heavy atom. The normalized spacial score (nSPS) is 30.3. The van der Waals surface area contributed by atoms with Gasteiger partial charge in [-0.25, -0.2) is 0 Å². The van der Waals surface area contributed by atoms with Gasteiger partial charge < -0.3 is 20.4 Å². The standard InChI is InChI=1S/C17H32N4O/c1-20-10-7-15(8-11-20)21-12-5-14(6-13-21)19-17(22)16-4-2-3-9-18-16/h14-16,18H,2-13H2,1H3,(H,19,22). The molecule has 1 amide bonds. The van der Waals surface area contributed by atoms with Crippen LogP contribution in [-0.2, 0) is 4.79 Å². The van der Waals surface area contributed by atoms with Crippen molar-refractivity contribution in [3.63, 3.8) is 0 Å². The number of amides is 1. The van der Waals surface area contributed by atoms with E-state index in [0.29, 0.717) is 6.04 Å². The summed E-state index contributed by atoms with van der Waals surface area (Å²) in [7, 11) is 2.22. The van der Waals surface area contributed by atoms with E-state index in [2.05, 4.69) is 27.5 Å². The van der Waals surface area contributed by atoms with Crippen LogP contribution in [0.5, 0.6) is 0 Å². The van der Waals surface area contributed by atoms with Crippen molar-refractivity contribution in [1.82, 2.24) is 20.4 Å². The summed E-state index contributed by atoms with van der Waals surface area (Å²) in [6, 6.07) is 1.22. The average Bonchev–Trinajstić information content (AvgIpc) is 2.57. The van der Waals surface area contributed by atoms with Gasteiger partial charge in [0.05, 0.1) is 6.04 Å². The fraction of sp³-hybridized carbons (Fsp3) is 0.941. The van der Waals surface area contributed by atoms with E-state index in [0.717, 1.165) is 44.9 Å². The van der Waals surface area contributed by atoms with Crippen molar-refractivity contribution in [2.24, 2.45) is 0 Å². The van der Waals surface area contributed by atoms with Gasteiger partial charge in [-0.15, -0.1) is 0 Å². The second kappa shape index (κ2) is 7.75. The van der Waals surface area contributed by atoms with E-state index in [4.69, 9.17) is 0 Å². The molecule has 2 N–H and O–H groups in total. The SMILES string of the molecule is CN1CCC(N2CCC(NC(=O)C3CCCCN3)CC2)CC1. The molecule has 3 heterocycles. The smallest absolute Gasteiger partial charge is 0.237 e. The summed E-state index contributed by atoms with van der Waals surface area (Å²) >= 11 is 0. The Hall–Kier alpha value is -0.650. The van der Waals surface area contributed by atoms with Crippen molar-refractivity contribution in [3.8, 4) is 0 Å². The van der Waals surface area contributed by atoms with Crippen LogP contribution in [0.3, 0.4) is 0 Å². The molecule has 3 aliphatic heterocycles. The minimum atomic E-state index is 0.0562. The molecule has 0 bridgehead atoms. The summed E-state index contributed by atoms with van der Waals surface area (Å²) in [6.07, 6.45) is 8.23. The third kappa shape index (κ3) is 4.21. The molecule has 5 heteroatoms. The summed E-state index contributed by atoms with van der Waals surface area (Å²) in [5.41, 5.74) is 0. The highest BCUT2D eigenvalue weighted by Crippen LogP contribution is 2.20. The van der Waals surface area contributed by atoms with Gasteiger partial charge in [0.25, 0.3) is 0 Å². The second-order valence-electron chi connectivity index (χ2n) is 7.36. The fourth-order valence-electron chi connectivity index (χ4n) is 4.15. The highest BCUT2D eigenvalue weighted by atomic mass is 16.2. The average molecular weight is 308 g/mol. The molecule has 0 aromatic rings. The molecule has 5 nitrogen and oxygen atoms in total. The molecule has 3 fully saturated rings. The number of nitrogens with zero attached hydrogens (tertiary/aromatic N) is 2. The number of carbonyl (C=O) groups is 1. The highest BCUT2D eigenvalue weighted by molar-refractivity contribution is 5.82. The van der Waals surface area contributed by atoms with Gasteiger partial charge in [-0.2, -0.15) is 0 Å². The number of hydrogen-bond acceptors (Lipinski definition) is 4. The van der Waals surface area contributed by atoms with Crippen LogP contribution in [0.25, 0.3) is 0 Å². The van der Waals surface area contributed by atoms with Crippen LogP contribution < -0.4 is 10.6 Å². The lowest BCUT2D eigenvalue weighted by Gasteiger charge is -2.41.